The summed E-state index contributed by atoms with van der Waals surface area (Å²) in [6, 6.07) is 6.51. The molecule has 3 nitrogen and oxygen atoms in total. The van der Waals surface area contributed by atoms with Crippen molar-refractivity contribution in [1.82, 2.24) is 5.32 Å². The fraction of sp³-hybridized carbons (Fsp3) is 0.429. The molecule has 2 atom stereocenters. The molecular weight excluding hydrogens is 534 g/mol. The first-order valence-electron chi connectivity index (χ1n) is 9.86. The molecule has 2 aromatic carbocycles. The maximum absolute atomic E-state index is 14.6. The number of aryl methyl sites for hydroxylation is 1. The van der Waals surface area contributed by atoms with Crippen molar-refractivity contribution in [3.63, 3.8) is 0 Å². The van der Waals surface area contributed by atoms with Crippen molar-refractivity contribution in [3.8, 4) is 0 Å². The Balaban J connectivity index is 0.00000324. The van der Waals surface area contributed by atoms with Crippen molar-refractivity contribution < 1.29 is 39.2 Å². The van der Waals surface area contributed by atoms with Crippen LogP contribution in [0.4, 0.5) is 30.7 Å². The smallest absolute Gasteiger partial charge is 0.312 e. The van der Waals surface area contributed by atoms with Crippen molar-refractivity contribution in [2.75, 3.05) is 6.54 Å². The highest BCUT2D eigenvalue weighted by Crippen LogP contribution is 2.55. The van der Waals surface area contributed by atoms with Crippen LogP contribution < -0.4 is 5.32 Å². The van der Waals surface area contributed by atoms with E-state index in [0.29, 0.717) is 17.2 Å². The molecular formula is C21H18Cl2F7NO2S. The van der Waals surface area contributed by atoms with Crippen molar-refractivity contribution >= 4 is 33.8 Å². The summed E-state index contributed by atoms with van der Waals surface area (Å²) in [6.07, 6.45) is -12.3. The number of halogens is 9. The Hall–Kier alpha value is -1.56. The SMILES string of the molecule is Cl.O=S(=O)(c1ccc(Cl)cc1)C12CCNC1CCc1cc(C(F)(C(F)(F)F)C(F)(F)F)ccc12. The first kappa shape index (κ1) is 27.0. The monoisotopic (exact) mass is 551 g/mol. The zero-order valence-corrected chi connectivity index (χ0v) is 19.5. The molecule has 2 aromatic rings. The van der Waals surface area contributed by atoms with E-state index in [4.69, 9.17) is 11.6 Å². The van der Waals surface area contributed by atoms with Gasteiger partial charge in [0.25, 0.3) is 0 Å². The highest BCUT2D eigenvalue weighted by atomic mass is 35.5. The van der Waals surface area contributed by atoms with Crippen LogP contribution in [-0.4, -0.2) is 33.4 Å². The molecule has 2 aliphatic rings. The van der Waals surface area contributed by atoms with Crippen molar-refractivity contribution in [2.24, 2.45) is 0 Å². The number of fused-ring (bicyclic) bond motifs is 3. The van der Waals surface area contributed by atoms with Gasteiger partial charge in [0, 0.05) is 16.6 Å². The van der Waals surface area contributed by atoms with Crippen LogP contribution in [0.1, 0.15) is 29.5 Å². The molecule has 1 aliphatic heterocycles. The van der Waals surface area contributed by atoms with Gasteiger partial charge in [0.05, 0.1) is 4.90 Å². The van der Waals surface area contributed by atoms with Gasteiger partial charge >= 0.3 is 18.0 Å². The zero-order chi connectivity index (χ0) is 24.4. The molecule has 1 aliphatic carbocycles. The second kappa shape index (κ2) is 8.53. The third-order valence-corrected chi connectivity index (χ3v) is 9.31. The van der Waals surface area contributed by atoms with Gasteiger partial charge in [-0.25, -0.2) is 12.8 Å². The summed E-state index contributed by atoms with van der Waals surface area (Å²) in [5.41, 5.74) is -7.18. The summed E-state index contributed by atoms with van der Waals surface area (Å²) in [5.74, 6) is 0. The van der Waals surface area contributed by atoms with E-state index in [-0.39, 0.29) is 54.2 Å². The molecule has 2 unspecified atom stereocenters. The summed E-state index contributed by atoms with van der Waals surface area (Å²) in [6.45, 7) is 0.275. The third-order valence-electron chi connectivity index (χ3n) is 6.50. The molecule has 1 heterocycles. The van der Waals surface area contributed by atoms with E-state index in [1.54, 1.807) is 0 Å². The lowest BCUT2D eigenvalue weighted by Gasteiger charge is -2.41. The van der Waals surface area contributed by atoms with Gasteiger partial charge < -0.3 is 5.32 Å². The molecule has 0 saturated carbocycles. The molecule has 188 valence electrons. The first-order chi connectivity index (χ1) is 15.2. The topological polar surface area (TPSA) is 46.2 Å². The standard InChI is InChI=1S/C21H17ClF7NO2S.ClH/c22-14-3-5-15(6-4-14)33(31,32)18-9-10-30-17(18)8-1-12-11-13(2-7-16(12)18)19(23,20(24,25)26)21(27,28)29;/h2-7,11,17,30H,1,8-10H2;1H. The lowest BCUT2D eigenvalue weighted by molar-refractivity contribution is -0.348. The third kappa shape index (κ3) is 3.70. The Morgan fingerprint density at radius 3 is 2.09 bits per heavy atom. The summed E-state index contributed by atoms with van der Waals surface area (Å²) in [7, 11) is -4.16. The minimum atomic E-state index is -6.25. The van der Waals surface area contributed by atoms with Crippen LogP contribution in [0, 0.1) is 0 Å². The molecule has 13 heteroatoms. The molecule has 0 radical (unpaired) electrons. The fourth-order valence-electron chi connectivity index (χ4n) is 4.93. The molecule has 0 spiro atoms. The van der Waals surface area contributed by atoms with Gasteiger partial charge in [-0.05, 0) is 61.2 Å². The number of nitrogens with one attached hydrogen (secondary N) is 1. The van der Waals surface area contributed by atoms with E-state index in [0.717, 1.165) is 6.07 Å². The number of benzene rings is 2. The van der Waals surface area contributed by atoms with Gasteiger partial charge in [-0.15, -0.1) is 12.4 Å². The Morgan fingerprint density at radius 1 is 0.941 bits per heavy atom. The average Bonchev–Trinajstić information content (AvgIpc) is 3.17. The Morgan fingerprint density at radius 2 is 1.53 bits per heavy atom. The van der Waals surface area contributed by atoms with Crippen LogP contribution in [0.15, 0.2) is 47.4 Å². The van der Waals surface area contributed by atoms with Crippen molar-refractivity contribution in [2.45, 2.75) is 53.0 Å². The van der Waals surface area contributed by atoms with Gasteiger partial charge in [-0.2, -0.15) is 26.3 Å². The molecule has 1 saturated heterocycles. The molecule has 1 fully saturated rings. The van der Waals surface area contributed by atoms with E-state index in [2.05, 4.69) is 5.32 Å². The average molecular weight is 552 g/mol. The minimum absolute atomic E-state index is 0. The highest BCUT2D eigenvalue weighted by Gasteiger charge is 2.73. The van der Waals surface area contributed by atoms with Crippen LogP contribution in [0.5, 0.6) is 0 Å². The minimum Gasteiger partial charge on any atom is -0.312 e. The summed E-state index contributed by atoms with van der Waals surface area (Å²) in [5, 5.41) is 3.37. The van der Waals surface area contributed by atoms with Crippen molar-refractivity contribution in [3.05, 3.63) is 64.2 Å². The summed E-state index contributed by atoms with van der Waals surface area (Å²) in [4.78, 5) is -0.0806. The predicted octanol–water partition coefficient (Wildman–Crippen LogP) is 6.03. The molecule has 1 N–H and O–H groups in total. The van der Waals surface area contributed by atoms with Crippen LogP contribution in [0.3, 0.4) is 0 Å². The van der Waals surface area contributed by atoms with E-state index in [1.807, 2.05) is 0 Å². The number of hydrogen-bond acceptors (Lipinski definition) is 3. The zero-order valence-electron chi connectivity index (χ0n) is 17.1. The second-order valence-electron chi connectivity index (χ2n) is 8.17. The summed E-state index contributed by atoms with van der Waals surface area (Å²) < 4.78 is 120. The second-order valence-corrected chi connectivity index (χ2v) is 10.8. The van der Waals surface area contributed by atoms with Crippen molar-refractivity contribution in [1.29, 1.82) is 0 Å². The highest BCUT2D eigenvalue weighted by molar-refractivity contribution is 7.92. The van der Waals surface area contributed by atoms with Crippen LogP contribution in [0.2, 0.25) is 5.02 Å². The number of sulfone groups is 1. The first-order valence-corrected chi connectivity index (χ1v) is 11.7. The van der Waals surface area contributed by atoms with E-state index < -0.39 is 44.2 Å². The van der Waals surface area contributed by atoms with E-state index in [1.165, 1.54) is 24.3 Å². The largest absolute Gasteiger partial charge is 0.435 e. The maximum atomic E-state index is 14.6. The number of rotatable bonds is 3. The lowest BCUT2D eigenvalue weighted by Crippen LogP contribution is -2.51. The normalized spacial score (nSPS) is 23.1. The quantitative estimate of drug-likeness (QED) is 0.474. The van der Waals surface area contributed by atoms with Gasteiger partial charge in [0.2, 0.25) is 0 Å². The maximum Gasteiger partial charge on any atom is 0.435 e. The molecule has 0 amide bonds. The Labute approximate surface area is 202 Å². The van der Waals surface area contributed by atoms with Gasteiger partial charge in [-0.3, -0.25) is 0 Å². The van der Waals surface area contributed by atoms with Gasteiger partial charge in [-0.1, -0.05) is 29.8 Å². The van der Waals surface area contributed by atoms with E-state index >= 15 is 0 Å². The van der Waals surface area contributed by atoms with Gasteiger partial charge in [0.1, 0.15) is 4.75 Å². The molecule has 0 bridgehead atoms. The fourth-order valence-corrected chi connectivity index (χ4v) is 7.41. The molecule has 4 rings (SSSR count). The number of hydrogen-bond donors (Lipinski definition) is 1. The number of alkyl halides is 7. The Bertz CT molecular complexity index is 1170. The van der Waals surface area contributed by atoms with E-state index in [9.17, 15) is 39.2 Å². The molecule has 0 aromatic heterocycles. The van der Waals surface area contributed by atoms with Crippen LogP contribution in [-0.2, 0) is 26.7 Å². The lowest BCUT2D eigenvalue weighted by atomic mass is 9.77. The van der Waals surface area contributed by atoms with Gasteiger partial charge in [0.15, 0.2) is 9.84 Å². The van der Waals surface area contributed by atoms with Crippen LogP contribution in [0.25, 0.3) is 0 Å². The predicted molar refractivity (Wildman–Crippen MR) is 114 cm³/mol. The Kier molecular flexibility index (Phi) is 6.78. The molecule has 34 heavy (non-hydrogen) atoms. The van der Waals surface area contributed by atoms with Crippen LogP contribution >= 0.6 is 24.0 Å². The summed E-state index contributed by atoms with van der Waals surface area (Å²) >= 11 is 5.85.